The molecule has 2 aromatic rings. The second-order valence-electron chi connectivity index (χ2n) is 6.88. The Bertz CT molecular complexity index is 760. The lowest BCUT2D eigenvalue weighted by Gasteiger charge is -2.31. The highest BCUT2D eigenvalue weighted by Gasteiger charge is 2.22. The van der Waals surface area contributed by atoms with Gasteiger partial charge in [-0.25, -0.2) is 4.79 Å². The Balaban J connectivity index is 1.63. The van der Waals surface area contributed by atoms with Gasteiger partial charge in [0.15, 0.2) is 0 Å². The molecule has 5 heteroatoms. The fraction of sp³-hybridized carbons (Fsp3) is 0.381. The van der Waals surface area contributed by atoms with Crippen LogP contribution in [0.5, 0.6) is 5.75 Å². The molecule has 1 heterocycles. The van der Waals surface area contributed by atoms with Crippen molar-refractivity contribution in [2.45, 2.75) is 19.0 Å². The predicted octanol–water partition coefficient (Wildman–Crippen LogP) is 3.07. The summed E-state index contributed by atoms with van der Waals surface area (Å²) in [4.78, 5) is 16.7. The highest BCUT2D eigenvalue weighted by Crippen LogP contribution is 2.23. The van der Waals surface area contributed by atoms with Crippen molar-refractivity contribution in [2.24, 2.45) is 0 Å². The number of likely N-dealkylation sites (N-methyl/N-ethyl adjacent to an activating group) is 1. The summed E-state index contributed by atoms with van der Waals surface area (Å²) < 4.78 is 5.32. The highest BCUT2D eigenvalue weighted by atomic mass is 16.5. The van der Waals surface area contributed by atoms with Crippen molar-refractivity contribution in [1.29, 1.82) is 0 Å². The second kappa shape index (κ2) is 8.23. The van der Waals surface area contributed by atoms with Gasteiger partial charge in [-0.2, -0.15) is 0 Å². The fourth-order valence-electron chi connectivity index (χ4n) is 3.41. The lowest BCUT2D eigenvalue weighted by molar-refractivity contribution is 0.187. The molecular formula is C21H27N3O2. The van der Waals surface area contributed by atoms with Crippen molar-refractivity contribution < 1.29 is 9.53 Å². The summed E-state index contributed by atoms with van der Waals surface area (Å²) in [6, 6.07) is 16.4. The predicted molar refractivity (Wildman–Crippen MR) is 103 cm³/mol. The molecule has 1 aliphatic heterocycles. The van der Waals surface area contributed by atoms with E-state index in [1.165, 1.54) is 11.1 Å². The molecule has 0 saturated heterocycles. The van der Waals surface area contributed by atoms with Crippen molar-refractivity contribution in [3.05, 3.63) is 65.2 Å². The molecule has 1 aliphatic rings. The van der Waals surface area contributed by atoms with Gasteiger partial charge < -0.3 is 19.9 Å². The first-order chi connectivity index (χ1) is 12.6. The number of urea groups is 1. The van der Waals surface area contributed by atoms with Crippen LogP contribution in [0.2, 0.25) is 0 Å². The summed E-state index contributed by atoms with van der Waals surface area (Å²) in [5.74, 6) is 0.827. The Morgan fingerprint density at radius 2 is 1.96 bits per heavy atom. The van der Waals surface area contributed by atoms with E-state index in [1.54, 1.807) is 7.11 Å². The average Bonchev–Trinajstić information content (AvgIpc) is 2.67. The zero-order valence-corrected chi connectivity index (χ0v) is 15.7. The quantitative estimate of drug-likeness (QED) is 0.898. The van der Waals surface area contributed by atoms with Crippen LogP contribution in [0.4, 0.5) is 4.79 Å². The molecule has 2 aromatic carbocycles. The Kier molecular flexibility index (Phi) is 5.78. The SMILES string of the molecule is COc1cccc(C(CNC(=O)N2CCc3ccccc3C2)N(C)C)c1. The number of hydrogen-bond donors (Lipinski definition) is 1. The number of carbonyl (C=O) groups excluding carboxylic acids is 1. The minimum atomic E-state index is -0.00532. The van der Waals surface area contributed by atoms with E-state index in [9.17, 15) is 4.79 Å². The first-order valence-corrected chi connectivity index (χ1v) is 8.98. The van der Waals surface area contributed by atoms with E-state index >= 15 is 0 Å². The first-order valence-electron chi connectivity index (χ1n) is 8.98. The van der Waals surface area contributed by atoms with E-state index in [1.807, 2.05) is 43.3 Å². The van der Waals surface area contributed by atoms with Crippen LogP contribution in [0.25, 0.3) is 0 Å². The maximum absolute atomic E-state index is 12.7. The molecule has 2 amide bonds. The maximum Gasteiger partial charge on any atom is 0.317 e. The third-order valence-electron chi connectivity index (χ3n) is 4.97. The van der Waals surface area contributed by atoms with Crippen LogP contribution < -0.4 is 10.1 Å². The lowest BCUT2D eigenvalue weighted by Crippen LogP contribution is -2.45. The Hall–Kier alpha value is -2.53. The highest BCUT2D eigenvalue weighted by molar-refractivity contribution is 5.74. The molecule has 5 nitrogen and oxygen atoms in total. The third-order valence-corrected chi connectivity index (χ3v) is 4.97. The summed E-state index contributed by atoms with van der Waals surface area (Å²) >= 11 is 0. The number of methoxy groups -OCH3 is 1. The van der Waals surface area contributed by atoms with Gasteiger partial charge in [-0.05, 0) is 49.3 Å². The van der Waals surface area contributed by atoms with Crippen LogP contribution in [0.1, 0.15) is 22.7 Å². The van der Waals surface area contributed by atoms with Gasteiger partial charge in [-0.3, -0.25) is 0 Å². The number of benzene rings is 2. The Labute approximate surface area is 155 Å². The van der Waals surface area contributed by atoms with Crippen molar-refractivity contribution in [3.63, 3.8) is 0 Å². The molecule has 1 unspecified atom stereocenters. The van der Waals surface area contributed by atoms with Crippen LogP contribution in [-0.4, -0.2) is 50.1 Å². The number of rotatable bonds is 5. The summed E-state index contributed by atoms with van der Waals surface area (Å²) in [5.41, 5.74) is 3.71. The summed E-state index contributed by atoms with van der Waals surface area (Å²) in [7, 11) is 5.71. The maximum atomic E-state index is 12.7. The van der Waals surface area contributed by atoms with Crippen LogP contribution in [0.15, 0.2) is 48.5 Å². The van der Waals surface area contributed by atoms with Crippen molar-refractivity contribution in [2.75, 3.05) is 34.3 Å². The van der Waals surface area contributed by atoms with Crippen LogP contribution in [-0.2, 0) is 13.0 Å². The molecule has 1 atom stereocenters. The van der Waals surface area contributed by atoms with Crippen LogP contribution >= 0.6 is 0 Å². The number of hydrogen-bond acceptors (Lipinski definition) is 3. The summed E-state index contributed by atoms with van der Waals surface area (Å²) in [6.45, 7) is 1.99. The minimum Gasteiger partial charge on any atom is -0.497 e. The number of nitrogens with one attached hydrogen (secondary N) is 1. The minimum absolute atomic E-state index is 0.00532. The number of amides is 2. The molecule has 0 saturated carbocycles. The molecule has 26 heavy (non-hydrogen) atoms. The molecule has 1 N–H and O–H groups in total. The molecule has 0 radical (unpaired) electrons. The van der Waals surface area contributed by atoms with Crippen molar-refractivity contribution in [1.82, 2.24) is 15.1 Å². The van der Waals surface area contributed by atoms with Gasteiger partial charge >= 0.3 is 6.03 Å². The van der Waals surface area contributed by atoms with E-state index in [-0.39, 0.29) is 12.1 Å². The molecule has 3 rings (SSSR count). The third kappa shape index (κ3) is 4.17. The van der Waals surface area contributed by atoms with Gasteiger partial charge in [0, 0.05) is 19.6 Å². The van der Waals surface area contributed by atoms with Gasteiger partial charge in [0.2, 0.25) is 0 Å². The topological polar surface area (TPSA) is 44.8 Å². The molecule has 0 bridgehead atoms. The van der Waals surface area contributed by atoms with E-state index in [4.69, 9.17) is 4.74 Å². The first kappa shape index (κ1) is 18.3. The molecule has 138 valence electrons. The number of nitrogens with zero attached hydrogens (tertiary/aromatic N) is 2. The zero-order chi connectivity index (χ0) is 18.5. The van der Waals surface area contributed by atoms with Crippen LogP contribution in [0, 0.1) is 0 Å². The van der Waals surface area contributed by atoms with E-state index in [0.29, 0.717) is 13.1 Å². The van der Waals surface area contributed by atoms with Crippen LogP contribution in [0.3, 0.4) is 0 Å². The van der Waals surface area contributed by atoms with Gasteiger partial charge in [-0.15, -0.1) is 0 Å². The van der Waals surface area contributed by atoms with Crippen molar-refractivity contribution >= 4 is 6.03 Å². The second-order valence-corrected chi connectivity index (χ2v) is 6.88. The fourth-order valence-corrected chi connectivity index (χ4v) is 3.41. The number of ether oxygens (including phenoxy) is 1. The normalized spacial score (nSPS) is 14.7. The molecule has 0 spiro atoms. The number of fused-ring (bicyclic) bond motifs is 1. The summed E-state index contributed by atoms with van der Waals surface area (Å²) in [6.07, 6.45) is 0.913. The van der Waals surface area contributed by atoms with Gasteiger partial charge in [0.05, 0.1) is 13.2 Å². The molecule has 0 aliphatic carbocycles. The Morgan fingerprint density at radius 1 is 1.19 bits per heavy atom. The Morgan fingerprint density at radius 3 is 2.69 bits per heavy atom. The summed E-state index contributed by atoms with van der Waals surface area (Å²) in [5, 5.41) is 3.11. The largest absolute Gasteiger partial charge is 0.497 e. The molecule has 0 fully saturated rings. The van der Waals surface area contributed by atoms with E-state index in [2.05, 4.69) is 34.5 Å². The molecule has 0 aromatic heterocycles. The zero-order valence-electron chi connectivity index (χ0n) is 15.7. The van der Waals surface area contributed by atoms with Gasteiger partial charge in [0.25, 0.3) is 0 Å². The molecular weight excluding hydrogens is 326 g/mol. The average molecular weight is 353 g/mol. The number of carbonyl (C=O) groups is 1. The standard InChI is InChI=1S/C21H27N3O2/c1-23(2)20(17-9-6-10-19(13-17)26-3)14-22-21(25)24-12-11-16-7-4-5-8-18(16)15-24/h4-10,13,20H,11-12,14-15H2,1-3H3,(H,22,25). The monoisotopic (exact) mass is 353 g/mol. The van der Waals surface area contributed by atoms with Gasteiger partial charge in [0.1, 0.15) is 5.75 Å². The van der Waals surface area contributed by atoms with Gasteiger partial charge in [-0.1, -0.05) is 36.4 Å². The van der Waals surface area contributed by atoms with Crippen molar-refractivity contribution in [3.8, 4) is 5.75 Å². The smallest absolute Gasteiger partial charge is 0.317 e. The van der Waals surface area contributed by atoms with E-state index in [0.717, 1.165) is 24.3 Å². The van der Waals surface area contributed by atoms with E-state index < -0.39 is 0 Å². The lowest BCUT2D eigenvalue weighted by atomic mass is 10.0.